The first-order valence-corrected chi connectivity index (χ1v) is 9.06. The smallest absolute Gasteiger partial charge is 0.158 e. The largest absolute Gasteiger partial charge is 0.329 e. The van der Waals surface area contributed by atoms with Gasteiger partial charge in [0.25, 0.3) is 0 Å². The van der Waals surface area contributed by atoms with E-state index in [1.807, 2.05) is 23.0 Å². The molecule has 0 aromatic carbocycles. The summed E-state index contributed by atoms with van der Waals surface area (Å²) < 4.78 is 25.1. The molecular formula is C15H19N3O2S. The number of rotatable bonds is 4. The lowest BCUT2D eigenvalue weighted by atomic mass is 10.1. The van der Waals surface area contributed by atoms with Crippen LogP contribution in [-0.2, 0) is 22.8 Å². The normalized spacial score (nSPS) is 20.7. The van der Waals surface area contributed by atoms with Crippen LogP contribution in [-0.4, -0.2) is 34.5 Å². The highest BCUT2D eigenvalue weighted by Gasteiger charge is 2.28. The molecule has 1 unspecified atom stereocenters. The molecule has 112 valence electrons. The number of sulfone groups is 1. The topological polar surface area (TPSA) is 64.8 Å². The van der Waals surface area contributed by atoms with Crippen LogP contribution >= 0.6 is 0 Å². The molecule has 0 radical (unpaired) electrons. The van der Waals surface area contributed by atoms with Gasteiger partial charge < -0.3 is 4.57 Å². The molecule has 3 rings (SSSR count). The number of nitrogens with zero attached hydrogens (tertiary/aromatic N) is 3. The van der Waals surface area contributed by atoms with E-state index >= 15 is 0 Å². The fourth-order valence-electron chi connectivity index (χ4n) is 2.75. The van der Waals surface area contributed by atoms with Crippen LogP contribution in [0.1, 0.15) is 18.9 Å². The van der Waals surface area contributed by atoms with E-state index in [1.54, 1.807) is 6.20 Å². The van der Waals surface area contributed by atoms with Crippen molar-refractivity contribution in [2.24, 2.45) is 5.92 Å². The first kappa shape index (κ1) is 14.3. The average Bonchev–Trinajstić information content (AvgIpc) is 3.06. The van der Waals surface area contributed by atoms with Crippen molar-refractivity contribution in [3.63, 3.8) is 0 Å². The third-order valence-electron chi connectivity index (χ3n) is 3.96. The molecule has 1 fully saturated rings. The highest BCUT2D eigenvalue weighted by molar-refractivity contribution is 7.91. The molecule has 5 nitrogen and oxygen atoms in total. The van der Waals surface area contributed by atoms with Gasteiger partial charge in [-0.1, -0.05) is 13.0 Å². The van der Waals surface area contributed by atoms with Crippen molar-refractivity contribution in [3.8, 4) is 11.5 Å². The average molecular weight is 305 g/mol. The van der Waals surface area contributed by atoms with Crippen molar-refractivity contribution >= 4 is 9.84 Å². The van der Waals surface area contributed by atoms with Crippen molar-refractivity contribution in [2.75, 3.05) is 11.5 Å². The minimum Gasteiger partial charge on any atom is -0.329 e. The summed E-state index contributed by atoms with van der Waals surface area (Å²) in [5.74, 6) is 1.58. The van der Waals surface area contributed by atoms with Crippen LogP contribution in [0.25, 0.3) is 11.5 Å². The van der Waals surface area contributed by atoms with Gasteiger partial charge in [-0.05, 0) is 30.4 Å². The first-order chi connectivity index (χ1) is 10.1. The molecule has 21 heavy (non-hydrogen) atoms. The summed E-state index contributed by atoms with van der Waals surface area (Å²) in [6, 6.07) is 4.03. The Labute approximate surface area is 125 Å². The van der Waals surface area contributed by atoms with Crippen LogP contribution in [0.3, 0.4) is 0 Å². The number of pyridine rings is 1. The Kier molecular flexibility index (Phi) is 3.80. The van der Waals surface area contributed by atoms with E-state index in [2.05, 4.69) is 23.0 Å². The SMILES string of the molecule is CCc1ccc(-c2nccn2CC2CCS(=O)(=O)C2)nc1. The molecule has 0 N–H and O–H groups in total. The van der Waals surface area contributed by atoms with Crippen LogP contribution in [0.5, 0.6) is 0 Å². The number of aromatic nitrogens is 3. The van der Waals surface area contributed by atoms with Crippen molar-refractivity contribution in [2.45, 2.75) is 26.3 Å². The Morgan fingerprint density at radius 3 is 2.81 bits per heavy atom. The number of imidazole rings is 1. The lowest BCUT2D eigenvalue weighted by molar-refractivity contribution is 0.493. The van der Waals surface area contributed by atoms with Gasteiger partial charge in [0.15, 0.2) is 15.7 Å². The van der Waals surface area contributed by atoms with E-state index in [0.717, 1.165) is 24.4 Å². The second kappa shape index (κ2) is 5.60. The summed E-state index contributed by atoms with van der Waals surface area (Å²) in [6.07, 6.45) is 7.21. The quantitative estimate of drug-likeness (QED) is 0.866. The summed E-state index contributed by atoms with van der Waals surface area (Å²) in [5.41, 5.74) is 2.02. The minimum atomic E-state index is -2.83. The Morgan fingerprint density at radius 1 is 1.33 bits per heavy atom. The summed E-state index contributed by atoms with van der Waals surface area (Å²) in [7, 11) is -2.83. The Hall–Kier alpha value is -1.69. The molecule has 1 saturated heterocycles. The van der Waals surface area contributed by atoms with Gasteiger partial charge >= 0.3 is 0 Å². The van der Waals surface area contributed by atoms with Crippen molar-refractivity contribution in [1.82, 2.24) is 14.5 Å². The Bertz CT molecular complexity index is 720. The number of aryl methyl sites for hydroxylation is 1. The molecule has 0 amide bonds. The van der Waals surface area contributed by atoms with E-state index in [9.17, 15) is 8.42 Å². The highest BCUT2D eigenvalue weighted by atomic mass is 32.2. The summed E-state index contributed by atoms with van der Waals surface area (Å²) in [5, 5.41) is 0. The van der Waals surface area contributed by atoms with Gasteiger partial charge in [-0.3, -0.25) is 4.98 Å². The zero-order valence-electron chi connectivity index (χ0n) is 12.1. The maximum atomic E-state index is 11.6. The van der Waals surface area contributed by atoms with Crippen molar-refractivity contribution in [3.05, 3.63) is 36.3 Å². The Balaban J connectivity index is 1.80. The van der Waals surface area contributed by atoms with Gasteiger partial charge in [0.2, 0.25) is 0 Å². The minimum absolute atomic E-state index is 0.179. The van der Waals surface area contributed by atoms with E-state index in [1.165, 1.54) is 5.56 Å². The van der Waals surface area contributed by atoms with E-state index in [0.29, 0.717) is 12.3 Å². The predicted molar refractivity (Wildman–Crippen MR) is 81.6 cm³/mol. The molecule has 0 saturated carbocycles. The lowest BCUT2D eigenvalue weighted by Crippen LogP contribution is -2.13. The van der Waals surface area contributed by atoms with Crippen LogP contribution in [0.15, 0.2) is 30.7 Å². The molecule has 1 aliphatic heterocycles. The maximum absolute atomic E-state index is 11.6. The molecule has 0 bridgehead atoms. The summed E-state index contributed by atoms with van der Waals surface area (Å²) in [4.78, 5) is 8.83. The second-order valence-electron chi connectivity index (χ2n) is 5.58. The molecule has 2 aromatic rings. The van der Waals surface area contributed by atoms with Gasteiger partial charge in [0, 0.05) is 25.1 Å². The van der Waals surface area contributed by atoms with Gasteiger partial charge in [-0.2, -0.15) is 0 Å². The van der Waals surface area contributed by atoms with Crippen LogP contribution in [0, 0.1) is 5.92 Å². The van der Waals surface area contributed by atoms with Gasteiger partial charge in [0.05, 0.1) is 11.5 Å². The third kappa shape index (κ3) is 3.15. The van der Waals surface area contributed by atoms with Gasteiger partial charge in [0.1, 0.15) is 5.69 Å². The fraction of sp³-hybridized carbons (Fsp3) is 0.467. The molecule has 1 aliphatic rings. The monoisotopic (exact) mass is 305 g/mol. The van der Waals surface area contributed by atoms with Crippen LogP contribution in [0.4, 0.5) is 0 Å². The maximum Gasteiger partial charge on any atom is 0.158 e. The Morgan fingerprint density at radius 2 is 2.19 bits per heavy atom. The van der Waals surface area contributed by atoms with Crippen LogP contribution in [0.2, 0.25) is 0 Å². The van der Waals surface area contributed by atoms with Crippen molar-refractivity contribution in [1.29, 1.82) is 0 Å². The molecule has 0 aliphatic carbocycles. The van der Waals surface area contributed by atoms with E-state index in [4.69, 9.17) is 0 Å². The molecule has 3 heterocycles. The molecule has 0 spiro atoms. The molecule has 6 heteroatoms. The first-order valence-electron chi connectivity index (χ1n) is 7.24. The number of hydrogen-bond acceptors (Lipinski definition) is 4. The van der Waals surface area contributed by atoms with Crippen molar-refractivity contribution < 1.29 is 8.42 Å². The number of hydrogen-bond donors (Lipinski definition) is 0. The fourth-order valence-corrected chi connectivity index (χ4v) is 4.60. The lowest BCUT2D eigenvalue weighted by Gasteiger charge is -2.11. The zero-order chi connectivity index (χ0) is 14.9. The molecular weight excluding hydrogens is 286 g/mol. The summed E-state index contributed by atoms with van der Waals surface area (Å²) in [6.45, 7) is 2.78. The summed E-state index contributed by atoms with van der Waals surface area (Å²) >= 11 is 0. The van der Waals surface area contributed by atoms with E-state index in [-0.39, 0.29) is 11.7 Å². The van der Waals surface area contributed by atoms with Gasteiger partial charge in [-0.15, -0.1) is 0 Å². The predicted octanol–water partition coefficient (Wildman–Crippen LogP) is 1.94. The molecule has 2 aromatic heterocycles. The third-order valence-corrected chi connectivity index (χ3v) is 5.80. The second-order valence-corrected chi connectivity index (χ2v) is 7.81. The van der Waals surface area contributed by atoms with Gasteiger partial charge in [-0.25, -0.2) is 13.4 Å². The van der Waals surface area contributed by atoms with E-state index < -0.39 is 9.84 Å². The highest BCUT2D eigenvalue weighted by Crippen LogP contribution is 2.23. The van der Waals surface area contributed by atoms with Crippen LogP contribution < -0.4 is 0 Å². The standard InChI is InChI=1S/C15H19N3O2S/c1-2-12-3-4-14(17-9-12)15-16-6-7-18(15)10-13-5-8-21(19,20)11-13/h3-4,6-7,9,13H,2,5,8,10-11H2,1H3. The zero-order valence-corrected chi connectivity index (χ0v) is 12.9. The molecule has 1 atom stereocenters.